The summed E-state index contributed by atoms with van der Waals surface area (Å²) in [6.07, 6.45) is 0.187. The van der Waals surface area contributed by atoms with Crippen molar-refractivity contribution >= 4 is 5.97 Å². The van der Waals surface area contributed by atoms with Crippen molar-refractivity contribution in [1.82, 2.24) is 4.90 Å². The highest BCUT2D eigenvalue weighted by Gasteiger charge is 2.45. The third-order valence-electron chi connectivity index (χ3n) is 3.95. The molecule has 0 spiro atoms. The highest BCUT2D eigenvalue weighted by Crippen LogP contribution is 2.35. The molecule has 0 bridgehead atoms. The molecule has 2 rings (SSSR count). The number of benzene rings is 2. The monoisotopic (exact) mass is 352 g/mol. The second-order valence-electron chi connectivity index (χ2n) is 6.11. The van der Waals surface area contributed by atoms with Crippen molar-refractivity contribution in [3.63, 3.8) is 0 Å². The zero-order valence-corrected chi connectivity index (χ0v) is 15.2. The van der Waals surface area contributed by atoms with Gasteiger partial charge in [0.1, 0.15) is 6.61 Å². The predicted octanol–water partition coefficient (Wildman–Crippen LogP) is 2.97. The van der Waals surface area contributed by atoms with Crippen LogP contribution in [0, 0.1) is 11.3 Å². The Balaban J connectivity index is 2.46. The summed E-state index contributed by atoms with van der Waals surface area (Å²) in [7, 11) is 3.83. The topological polar surface area (TPSA) is 62.6 Å². The van der Waals surface area contributed by atoms with Gasteiger partial charge in [0.2, 0.25) is 5.60 Å². The lowest BCUT2D eigenvalue weighted by atomic mass is 9.86. The van der Waals surface area contributed by atoms with Crippen LogP contribution in [-0.2, 0) is 19.9 Å². The summed E-state index contributed by atoms with van der Waals surface area (Å²) in [6, 6.07) is 20.6. The van der Waals surface area contributed by atoms with E-state index in [2.05, 4.69) is 6.07 Å². The molecule has 5 nitrogen and oxygen atoms in total. The Bertz CT molecular complexity index is 684. The fourth-order valence-corrected chi connectivity index (χ4v) is 2.65. The van der Waals surface area contributed by atoms with E-state index in [0.29, 0.717) is 17.7 Å². The van der Waals surface area contributed by atoms with Crippen LogP contribution < -0.4 is 0 Å². The number of likely N-dealkylation sites (N-methyl/N-ethyl adjacent to an activating group) is 1. The molecule has 26 heavy (non-hydrogen) atoms. The maximum absolute atomic E-state index is 13.2. The molecule has 0 saturated heterocycles. The van der Waals surface area contributed by atoms with Crippen molar-refractivity contribution in [2.24, 2.45) is 0 Å². The van der Waals surface area contributed by atoms with Crippen LogP contribution in [-0.4, -0.2) is 44.7 Å². The summed E-state index contributed by atoms with van der Waals surface area (Å²) in [4.78, 5) is 15.1. The molecule has 0 N–H and O–H groups in total. The summed E-state index contributed by atoms with van der Waals surface area (Å²) in [5, 5.41) is 8.89. The average Bonchev–Trinajstić information content (AvgIpc) is 2.66. The third-order valence-corrected chi connectivity index (χ3v) is 3.95. The lowest BCUT2D eigenvalue weighted by Crippen LogP contribution is -2.42. The zero-order chi connectivity index (χ0) is 18.8. The van der Waals surface area contributed by atoms with Gasteiger partial charge in [-0.05, 0) is 25.2 Å². The Kier molecular flexibility index (Phi) is 7.34. The first-order valence-electron chi connectivity index (χ1n) is 8.55. The van der Waals surface area contributed by atoms with Crippen LogP contribution in [0.15, 0.2) is 60.7 Å². The summed E-state index contributed by atoms with van der Waals surface area (Å²) >= 11 is 0. The molecule has 0 aliphatic rings. The average molecular weight is 352 g/mol. The van der Waals surface area contributed by atoms with E-state index in [1.807, 2.05) is 79.7 Å². The van der Waals surface area contributed by atoms with Crippen molar-refractivity contribution < 1.29 is 14.3 Å². The van der Waals surface area contributed by atoms with Gasteiger partial charge >= 0.3 is 5.97 Å². The number of esters is 1. The lowest BCUT2D eigenvalue weighted by Gasteiger charge is -2.32. The predicted molar refractivity (Wildman–Crippen MR) is 99.4 cm³/mol. The molecule has 5 heteroatoms. The Hall–Kier alpha value is -2.68. The van der Waals surface area contributed by atoms with Crippen LogP contribution in [0.4, 0.5) is 0 Å². The largest absolute Gasteiger partial charge is 0.462 e. The number of hydrogen-bond donors (Lipinski definition) is 0. The quantitative estimate of drug-likeness (QED) is 0.513. The van der Waals surface area contributed by atoms with Crippen molar-refractivity contribution in [1.29, 1.82) is 5.26 Å². The smallest absolute Gasteiger partial charge is 0.347 e. The molecule has 0 amide bonds. The van der Waals surface area contributed by atoms with Crippen molar-refractivity contribution in [2.75, 3.05) is 33.9 Å². The Morgan fingerprint density at radius 1 is 1.00 bits per heavy atom. The van der Waals surface area contributed by atoms with Gasteiger partial charge in [-0.3, -0.25) is 0 Å². The second-order valence-corrected chi connectivity index (χ2v) is 6.11. The molecule has 0 unspecified atom stereocenters. The summed E-state index contributed by atoms with van der Waals surface area (Å²) < 4.78 is 11.6. The zero-order valence-electron chi connectivity index (χ0n) is 15.2. The van der Waals surface area contributed by atoms with Crippen LogP contribution in [0.3, 0.4) is 0 Å². The number of hydrogen-bond acceptors (Lipinski definition) is 5. The SMILES string of the molecule is CN(C)CCOC(=O)C(OCCC#N)(c1ccccc1)c1ccccc1. The summed E-state index contributed by atoms with van der Waals surface area (Å²) in [6.45, 7) is 1.00. The lowest BCUT2D eigenvalue weighted by molar-refractivity contribution is -0.168. The molecule has 0 saturated carbocycles. The molecule has 2 aromatic carbocycles. The first-order valence-corrected chi connectivity index (χ1v) is 8.55. The number of nitrogens with zero attached hydrogens (tertiary/aromatic N) is 2. The van der Waals surface area contributed by atoms with Gasteiger partial charge in [0, 0.05) is 6.54 Å². The van der Waals surface area contributed by atoms with E-state index in [9.17, 15) is 4.79 Å². The minimum Gasteiger partial charge on any atom is -0.462 e. The normalized spacial score (nSPS) is 11.2. The van der Waals surface area contributed by atoms with Gasteiger partial charge in [-0.25, -0.2) is 4.79 Å². The van der Waals surface area contributed by atoms with Gasteiger partial charge < -0.3 is 14.4 Å². The molecule has 0 aromatic heterocycles. The van der Waals surface area contributed by atoms with Gasteiger partial charge in [-0.15, -0.1) is 0 Å². The molecule has 2 aromatic rings. The van der Waals surface area contributed by atoms with E-state index in [0.717, 1.165) is 0 Å². The molecule has 0 atom stereocenters. The molecule has 136 valence electrons. The van der Waals surface area contributed by atoms with E-state index in [1.54, 1.807) is 0 Å². The van der Waals surface area contributed by atoms with E-state index < -0.39 is 11.6 Å². The van der Waals surface area contributed by atoms with Crippen LogP contribution in [0.5, 0.6) is 0 Å². The van der Waals surface area contributed by atoms with Crippen LogP contribution >= 0.6 is 0 Å². The van der Waals surface area contributed by atoms with Crippen LogP contribution in [0.2, 0.25) is 0 Å². The van der Waals surface area contributed by atoms with Gasteiger partial charge in [0.25, 0.3) is 0 Å². The number of carbonyl (C=O) groups is 1. The molecule has 0 aliphatic carbocycles. The van der Waals surface area contributed by atoms with E-state index >= 15 is 0 Å². The minimum absolute atomic E-state index is 0.128. The van der Waals surface area contributed by atoms with Crippen LogP contribution in [0.25, 0.3) is 0 Å². The number of carbonyl (C=O) groups excluding carboxylic acids is 1. The van der Waals surface area contributed by atoms with Gasteiger partial charge in [-0.2, -0.15) is 5.26 Å². The van der Waals surface area contributed by atoms with Gasteiger partial charge in [0.05, 0.1) is 19.1 Å². The van der Waals surface area contributed by atoms with E-state index in [1.165, 1.54) is 0 Å². The first kappa shape index (κ1) is 19.6. The number of ether oxygens (including phenoxy) is 2. The summed E-state index contributed by atoms with van der Waals surface area (Å²) in [5.74, 6) is -0.477. The molecule has 0 radical (unpaired) electrons. The molecule has 0 aliphatic heterocycles. The minimum atomic E-state index is -1.40. The maximum Gasteiger partial charge on any atom is 0.347 e. The van der Waals surface area contributed by atoms with Crippen molar-refractivity contribution in [3.8, 4) is 6.07 Å². The standard InChI is InChI=1S/C21H24N2O3/c1-23(2)15-17-25-20(24)21(26-16-9-14-22,18-10-5-3-6-11-18)19-12-7-4-8-13-19/h3-8,10-13H,9,15-17H2,1-2H3. The van der Waals surface area contributed by atoms with Crippen molar-refractivity contribution in [3.05, 3.63) is 71.8 Å². The Morgan fingerprint density at radius 3 is 2.00 bits per heavy atom. The number of rotatable bonds is 9. The highest BCUT2D eigenvalue weighted by molar-refractivity contribution is 5.85. The fourth-order valence-electron chi connectivity index (χ4n) is 2.65. The van der Waals surface area contributed by atoms with Gasteiger partial charge in [-0.1, -0.05) is 60.7 Å². The first-order chi connectivity index (χ1) is 12.6. The molecular formula is C21H24N2O3. The van der Waals surface area contributed by atoms with Crippen LogP contribution in [0.1, 0.15) is 17.5 Å². The number of nitriles is 1. The third kappa shape index (κ3) is 4.69. The highest BCUT2D eigenvalue weighted by atomic mass is 16.6. The van der Waals surface area contributed by atoms with Gasteiger partial charge in [0.15, 0.2) is 0 Å². The second kappa shape index (κ2) is 9.71. The van der Waals surface area contributed by atoms with Crippen molar-refractivity contribution in [2.45, 2.75) is 12.0 Å². The molecule has 0 fully saturated rings. The fraction of sp³-hybridized carbons (Fsp3) is 0.333. The van der Waals surface area contributed by atoms with E-state index in [4.69, 9.17) is 14.7 Å². The van der Waals surface area contributed by atoms with E-state index in [-0.39, 0.29) is 19.6 Å². The Labute approximate surface area is 154 Å². The summed E-state index contributed by atoms with van der Waals surface area (Å²) in [5.41, 5.74) is -0.0379. The molecular weight excluding hydrogens is 328 g/mol. The molecule has 0 heterocycles. The Morgan fingerprint density at radius 2 is 1.54 bits per heavy atom. The maximum atomic E-state index is 13.2.